The second kappa shape index (κ2) is 6.13. The molecule has 1 aromatic rings. The Bertz CT molecular complexity index is 436. The number of nitrogens with zero attached hydrogens (tertiary/aromatic N) is 4. The maximum absolute atomic E-state index is 11.1. The van der Waals surface area contributed by atoms with Crippen LogP contribution in [-0.2, 0) is 0 Å². The first-order valence-electron chi connectivity index (χ1n) is 5.99. The summed E-state index contributed by atoms with van der Waals surface area (Å²) in [5.74, 6) is 0.795. The molecule has 18 heavy (non-hydrogen) atoms. The quantitative estimate of drug-likeness (QED) is 0.616. The van der Waals surface area contributed by atoms with Gasteiger partial charge in [-0.05, 0) is 20.3 Å². The standard InChI is InChI=1S/C11H19N5O2/c1-5-7-12-11-13-8(3)9(16(17)18)10(14-11)15(4)6-2/h5-7H2,1-4H3,(H,12,13,14). The summed E-state index contributed by atoms with van der Waals surface area (Å²) in [6.07, 6.45) is 0.943. The monoisotopic (exact) mass is 253 g/mol. The smallest absolute Gasteiger partial charge is 0.332 e. The van der Waals surface area contributed by atoms with E-state index in [0.29, 0.717) is 24.0 Å². The molecule has 0 amide bonds. The number of hydrogen-bond acceptors (Lipinski definition) is 6. The van der Waals surface area contributed by atoms with E-state index in [-0.39, 0.29) is 5.69 Å². The lowest BCUT2D eigenvalue weighted by Gasteiger charge is -2.17. The summed E-state index contributed by atoms with van der Waals surface area (Å²) in [5, 5.41) is 14.1. The van der Waals surface area contributed by atoms with Crippen molar-refractivity contribution in [2.45, 2.75) is 27.2 Å². The molecule has 0 radical (unpaired) electrons. The molecule has 7 heteroatoms. The van der Waals surface area contributed by atoms with Crippen LogP contribution < -0.4 is 10.2 Å². The molecule has 7 nitrogen and oxygen atoms in total. The summed E-state index contributed by atoms with van der Waals surface area (Å²) >= 11 is 0. The molecule has 1 heterocycles. The highest BCUT2D eigenvalue weighted by Crippen LogP contribution is 2.28. The lowest BCUT2D eigenvalue weighted by atomic mass is 10.3. The molecule has 100 valence electrons. The zero-order chi connectivity index (χ0) is 13.7. The van der Waals surface area contributed by atoms with Crippen molar-refractivity contribution in [1.82, 2.24) is 9.97 Å². The second-order valence-electron chi connectivity index (χ2n) is 4.00. The number of nitro groups is 1. The molecular weight excluding hydrogens is 234 g/mol. The zero-order valence-electron chi connectivity index (χ0n) is 11.2. The Hall–Kier alpha value is -1.92. The fraction of sp³-hybridized carbons (Fsp3) is 0.636. The van der Waals surface area contributed by atoms with Gasteiger partial charge in [0.15, 0.2) is 0 Å². The van der Waals surface area contributed by atoms with Crippen LogP contribution in [0.5, 0.6) is 0 Å². The molecule has 0 saturated carbocycles. The van der Waals surface area contributed by atoms with E-state index in [9.17, 15) is 10.1 Å². The predicted molar refractivity (Wildman–Crippen MR) is 71.1 cm³/mol. The molecule has 0 aliphatic heterocycles. The largest absolute Gasteiger partial charge is 0.354 e. The number of rotatable bonds is 6. The fourth-order valence-corrected chi connectivity index (χ4v) is 1.50. The zero-order valence-corrected chi connectivity index (χ0v) is 11.2. The topological polar surface area (TPSA) is 84.2 Å². The Kier molecular flexibility index (Phi) is 4.82. The molecule has 0 saturated heterocycles. The summed E-state index contributed by atoms with van der Waals surface area (Å²) < 4.78 is 0. The Morgan fingerprint density at radius 1 is 1.39 bits per heavy atom. The van der Waals surface area contributed by atoms with E-state index in [4.69, 9.17) is 0 Å². The van der Waals surface area contributed by atoms with Crippen LogP contribution in [-0.4, -0.2) is 35.0 Å². The van der Waals surface area contributed by atoms with Crippen LogP contribution in [0.4, 0.5) is 17.5 Å². The van der Waals surface area contributed by atoms with Gasteiger partial charge >= 0.3 is 5.69 Å². The summed E-state index contributed by atoms with van der Waals surface area (Å²) in [6.45, 7) is 6.96. The van der Waals surface area contributed by atoms with E-state index < -0.39 is 4.92 Å². The van der Waals surface area contributed by atoms with Crippen LogP contribution in [0.25, 0.3) is 0 Å². The van der Waals surface area contributed by atoms with Crippen molar-refractivity contribution in [3.63, 3.8) is 0 Å². The van der Waals surface area contributed by atoms with E-state index in [1.807, 2.05) is 13.8 Å². The van der Waals surface area contributed by atoms with Crippen LogP contribution in [0, 0.1) is 17.0 Å². The highest BCUT2D eigenvalue weighted by Gasteiger charge is 2.24. The SMILES string of the molecule is CCCNc1nc(C)c([N+](=O)[O-])c(N(C)CC)n1. The molecule has 1 rings (SSSR count). The molecule has 0 aromatic carbocycles. The van der Waals surface area contributed by atoms with Crippen LogP contribution >= 0.6 is 0 Å². The molecule has 0 aliphatic rings. The Balaban J connectivity index is 3.23. The van der Waals surface area contributed by atoms with E-state index in [0.717, 1.165) is 13.0 Å². The molecule has 0 atom stereocenters. The van der Waals surface area contributed by atoms with Gasteiger partial charge in [0.1, 0.15) is 5.69 Å². The van der Waals surface area contributed by atoms with Crippen molar-refractivity contribution in [1.29, 1.82) is 0 Å². The van der Waals surface area contributed by atoms with Gasteiger partial charge in [0.05, 0.1) is 4.92 Å². The Labute approximate surface area is 106 Å². The Morgan fingerprint density at radius 2 is 2.06 bits per heavy atom. The minimum absolute atomic E-state index is 0.0265. The van der Waals surface area contributed by atoms with E-state index in [1.54, 1.807) is 18.9 Å². The molecule has 0 unspecified atom stereocenters. The molecule has 0 spiro atoms. The van der Waals surface area contributed by atoms with Gasteiger partial charge in [-0.15, -0.1) is 0 Å². The summed E-state index contributed by atoms with van der Waals surface area (Å²) in [6, 6.07) is 0. The lowest BCUT2D eigenvalue weighted by Crippen LogP contribution is -2.21. The first-order chi connectivity index (χ1) is 8.51. The number of aromatic nitrogens is 2. The van der Waals surface area contributed by atoms with Gasteiger partial charge in [0, 0.05) is 20.1 Å². The van der Waals surface area contributed by atoms with Gasteiger partial charge in [-0.25, -0.2) is 4.98 Å². The van der Waals surface area contributed by atoms with Crippen molar-refractivity contribution in [2.75, 3.05) is 30.4 Å². The van der Waals surface area contributed by atoms with Gasteiger partial charge in [-0.2, -0.15) is 4.98 Å². The third-order valence-electron chi connectivity index (χ3n) is 2.59. The van der Waals surface area contributed by atoms with Crippen LogP contribution in [0.3, 0.4) is 0 Å². The summed E-state index contributed by atoms with van der Waals surface area (Å²) in [5.41, 5.74) is 0.352. The minimum Gasteiger partial charge on any atom is -0.354 e. The molecule has 1 N–H and O–H groups in total. The van der Waals surface area contributed by atoms with Gasteiger partial charge in [-0.1, -0.05) is 6.92 Å². The molecule has 1 aromatic heterocycles. The van der Waals surface area contributed by atoms with E-state index in [2.05, 4.69) is 15.3 Å². The van der Waals surface area contributed by atoms with Crippen LogP contribution in [0.15, 0.2) is 0 Å². The van der Waals surface area contributed by atoms with Crippen molar-refractivity contribution in [3.05, 3.63) is 15.8 Å². The van der Waals surface area contributed by atoms with E-state index >= 15 is 0 Å². The number of aryl methyl sites for hydroxylation is 1. The van der Waals surface area contributed by atoms with Crippen LogP contribution in [0.1, 0.15) is 26.0 Å². The van der Waals surface area contributed by atoms with Crippen molar-refractivity contribution < 1.29 is 4.92 Å². The molecule has 0 aliphatic carbocycles. The summed E-state index contributed by atoms with van der Waals surface area (Å²) in [7, 11) is 1.78. The average molecular weight is 253 g/mol. The first-order valence-corrected chi connectivity index (χ1v) is 5.99. The lowest BCUT2D eigenvalue weighted by molar-refractivity contribution is -0.385. The Morgan fingerprint density at radius 3 is 2.56 bits per heavy atom. The maximum Gasteiger partial charge on any atom is 0.332 e. The normalized spacial score (nSPS) is 10.2. The minimum atomic E-state index is -0.430. The van der Waals surface area contributed by atoms with Gasteiger partial charge < -0.3 is 10.2 Å². The van der Waals surface area contributed by atoms with Crippen molar-refractivity contribution in [3.8, 4) is 0 Å². The second-order valence-corrected chi connectivity index (χ2v) is 4.00. The molecule has 0 bridgehead atoms. The molecule has 0 fully saturated rings. The van der Waals surface area contributed by atoms with Gasteiger partial charge in [0.25, 0.3) is 0 Å². The number of hydrogen-bond donors (Lipinski definition) is 1. The number of anilines is 2. The number of nitrogens with one attached hydrogen (secondary N) is 1. The average Bonchev–Trinajstić information content (AvgIpc) is 2.33. The third-order valence-corrected chi connectivity index (χ3v) is 2.59. The van der Waals surface area contributed by atoms with Crippen molar-refractivity contribution in [2.24, 2.45) is 0 Å². The fourth-order valence-electron chi connectivity index (χ4n) is 1.50. The predicted octanol–water partition coefficient (Wildman–Crippen LogP) is 1.97. The van der Waals surface area contributed by atoms with Crippen molar-refractivity contribution >= 4 is 17.5 Å². The highest BCUT2D eigenvalue weighted by atomic mass is 16.6. The van der Waals surface area contributed by atoms with Crippen LogP contribution in [0.2, 0.25) is 0 Å². The highest BCUT2D eigenvalue weighted by molar-refractivity contribution is 5.62. The van der Waals surface area contributed by atoms with Gasteiger partial charge in [0.2, 0.25) is 11.8 Å². The first kappa shape index (κ1) is 14.1. The maximum atomic E-state index is 11.1. The van der Waals surface area contributed by atoms with Gasteiger partial charge in [-0.3, -0.25) is 10.1 Å². The van der Waals surface area contributed by atoms with E-state index in [1.165, 1.54) is 0 Å². The molecular formula is C11H19N5O2. The summed E-state index contributed by atoms with van der Waals surface area (Å²) in [4.78, 5) is 20.7. The third kappa shape index (κ3) is 3.06.